The van der Waals surface area contributed by atoms with Crippen molar-refractivity contribution in [3.63, 3.8) is 0 Å². The second-order valence-electron chi connectivity index (χ2n) is 5.12. The van der Waals surface area contributed by atoms with Gasteiger partial charge in [0, 0.05) is 18.0 Å². The third-order valence-electron chi connectivity index (χ3n) is 3.45. The zero-order valence-electron chi connectivity index (χ0n) is 14.1. The van der Waals surface area contributed by atoms with Gasteiger partial charge in [-0.1, -0.05) is 17.8 Å². The fourth-order valence-electron chi connectivity index (χ4n) is 2.25. The predicted octanol–water partition coefficient (Wildman–Crippen LogP) is 1.84. The number of anilines is 1. The molecule has 0 saturated heterocycles. The quantitative estimate of drug-likeness (QED) is 0.660. The molecule has 0 fully saturated rings. The number of rotatable bonds is 6. The van der Waals surface area contributed by atoms with Crippen LogP contribution < -0.4 is 20.5 Å². The first-order valence-electron chi connectivity index (χ1n) is 7.61. The fraction of sp³-hybridized carbons (Fsp3) is 0.176. The Morgan fingerprint density at radius 2 is 1.96 bits per heavy atom. The van der Waals surface area contributed by atoms with Crippen LogP contribution in [0, 0.1) is 0 Å². The van der Waals surface area contributed by atoms with Crippen molar-refractivity contribution >= 4 is 29.0 Å². The smallest absolute Gasteiger partial charge is 0.355 e. The van der Waals surface area contributed by atoms with Gasteiger partial charge in [0.15, 0.2) is 16.7 Å². The van der Waals surface area contributed by atoms with Gasteiger partial charge in [-0.05, 0) is 24.3 Å². The molecule has 0 atom stereocenters. The summed E-state index contributed by atoms with van der Waals surface area (Å²) in [6, 6.07) is 10.3. The van der Waals surface area contributed by atoms with Crippen LogP contribution in [0.1, 0.15) is 0 Å². The molecule has 0 radical (unpaired) electrons. The third-order valence-corrected chi connectivity index (χ3v) is 4.29. The van der Waals surface area contributed by atoms with E-state index < -0.39 is 5.69 Å². The van der Waals surface area contributed by atoms with E-state index >= 15 is 0 Å². The van der Waals surface area contributed by atoms with Crippen molar-refractivity contribution in [1.82, 2.24) is 14.4 Å². The zero-order valence-corrected chi connectivity index (χ0v) is 14.9. The highest BCUT2D eigenvalue weighted by Crippen LogP contribution is 2.29. The molecule has 1 N–H and O–H groups in total. The van der Waals surface area contributed by atoms with Gasteiger partial charge in [0.25, 0.3) is 0 Å². The Hall–Kier alpha value is -3.07. The number of carbonyl (C=O) groups is 1. The maximum absolute atomic E-state index is 12.1. The average molecular weight is 372 g/mol. The summed E-state index contributed by atoms with van der Waals surface area (Å²) >= 11 is 1.09. The Morgan fingerprint density at radius 3 is 2.73 bits per heavy atom. The molecule has 3 rings (SSSR count). The minimum Gasteiger partial charge on any atom is -0.493 e. The van der Waals surface area contributed by atoms with E-state index in [1.165, 1.54) is 11.5 Å². The van der Waals surface area contributed by atoms with Gasteiger partial charge in [-0.15, -0.1) is 0 Å². The Kier molecular flexibility index (Phi) is 5.37. The van der Waals surface area contributed by atoms with Gasteiger partial charge in [0.1, 0.15) is 5.65 Å². The fourth-order valence-corrected chi connectivity index (χ4v) is 2.88. The lowest BCUT2D eigenvalue weighted by Crippen LogP contribution is -2.20. The number of aromatic nitrogens is 3. The number of thioether (sulfide) groups is 1. The van der Waals surface area contributed by atoms with Crippen molar-refractivity contribution < 1.29 is 14.3 Å². The van der Waals surface area contributed by atoms with Gasteiger partial charge in [-0.3, -0.25) is 9.20 Å². The van der Waals surface area contributed by atoms with Crippen molar-refractivity contribution in [2.45, 2.75) is 5.16 Å². The number of hydrogen-bond acceptors (Lipinski definition) is 7. The van der Waals surface area contributed by atoms with Gasteiger partial charge in [0.05, 0.1) is 20.0 Å². The predicted molar refractivity (Wildman–Crippen MR) is 98.2 cm³/mol. The first-order chi connectivity index (χ1) is 12.6. The molecule has 2 heterocycles. The van der Waals surface area contributed by atoms with Crippen LogP contribution in [0.3, 0.4) is 0 Å². The number of fused-ring (bicyclic) bond motifs is 1. The summed E-state index contributed by atoms with van der Waals surface area (Å²) in [4.78, 5) is 32.2. The Morgan fingerprint density at radius 1 is 1.15 bits per heavy atom. The topological polar surface area (TPSA) is 94.8 Å². The van der Waals surface area contributed by atoms with Gasteiger partial charge in [-0.25, -0.2) is 9.78 Å². The van der Waals surface area contributed by atoms with Gasteiger partial charge in [0.2, 0.25) is 5.91 Å². The molecular weight excluding hydrogens is 356 g/mol. The van der Waals surface area contributed by atoms with E-state index in [1.54, 1.807) is 49.7 Å². The summed E-state index contributed by atoms with van der Waals surface area (Å²) in [5.41, 5.74) is 0.626. The minimum atomic E-state index is -0.432. The number of pyridine rings is 1. The molecule has 0 aliphatic heterocycles. The first-order valence-corrected chi connectivity index (χ1v) is 8.59. The molecular formula is C17H16N4O4S. The summed E-state index contributed by atoms with van der Waals surface area (Å²) in [6.45, 7) is 0. The van der Waals surface area contributed by atoms with E-state index in [4.69, 9.17) is 9.47 Å². The molecule has 3 aromatic rings. The number of carbonyl (C=O) groups excluding carboxylic acids is 1. The molecule has 26 heavy (non-hydrogen) atoms. The largest absolute Gasteiger partial charge is 0.493 e. The Bertz CT molecular complexity index is 1010. The van der Waals surface area contributed by atoms with Crippen molar-refractivity contribution in [2.24, 2.45) is 0 Å². The summed E-state index contributed by atoms with van der Waals surface area (Å²) in [5, 5.41) is 3.01. The maximum atomic E-state index is 12.1. The van der Waals surface area contributed by atoms with Gasteiger partial charge >= 0.3 is 5.69 Å². The second kappa shape index (κ2) is 7.87. The summed E-state index contributed by atoms with van der Waals surface area (Å²) < 4.78 is 11.7. The SMILES string of the molecule is COc1ccc(NC(=O)CSc2nc(=O)n3ccccc3n2)cc1OC. The molecule has 2 aromatic heterocycles. The van der Waals surface area contributed by atoms with Crippen LogP contribution in [0.15, 0.2) is 52.5 Å². The number of ether oxygens (including phenoxy) is 2. The van der Waals surface area contributed by atoms with Crippen LogP contribution in [0.25, 0.3) is 5.65 Å². The zero-order chi connectivity index (χ0) is 18.5. The van der Waals surface area contributed by atoms with Gasteiger partial charge in [-0.2, -0.15) is 4.98 Å². The highest BCUT2D eigenvalue weighted by Gasteiger charge is 2.10. The molecule has 1 amide bonds. The van der Waals surface area contributed by atoms with E-state index in [-0.39, 0.29) is 16.8 Å². The van der Waals surface area contributed by atoms with Crippen LogP contribution >= 0.6 is 11.8 Å². The molecule has 1 aromatic carbocycles. The van der Waals surface area contributed by atoms with E-state index in [2.05, 4.69) is 15.3 Å². The van der Waals surface area contributed by atoms with Crippen molar-refractivity contribution in [3.8, 4) is 11.5 Å². The van der Waals surface area contributed by atoms with Crippen molar-refractivity contribution in [1.29, 1.82) is 0 Å². The molecule has 8 nitrogen and oxygen atoms in total. The summed E-state index contributed by atoms with van der Waals surface area (Å²) in [5.74, 6) is 0.907. The second-order valence-corrected chi connectivity index (χ2v) is 6.07. The molecule has 0 aliphatic rings. The van der Waals surface area contributed by atoms with E-state index in [1.807, 2.05) is 0 Å². The van der Waals surface area contributed by atoms with Crippen LogP contribution in [0.4, 0.5) is 5.69 Å². The normalized spacial score (nSPS) is 10.5. The highest BCUT2D eigenvalue weighted by atomic mass is 32.2. The van der Waals surface area contributed by atoms with Crippen LogP contribution in [0.2, 0.25) is 0 Å². The molecule has 134 valence electrons. The van der Waals surface area contributed by atoms with E-state index in [9.17, 15) is 9.59 Å². The van der Waals surface area contributed by atoms with Crippen LogP contribution in [0.5, 0.6) is 11.5 Å². The number of nitrogens with one attached hydrogen (secondary N) is 1. The molecule has 0 unspecified atom stereocenters. The molecule has 0 saturated carbocycles. The third kappa shape index (κ3) is 3.94. The first kappa shape index (κ1) is 17.7. The van der Waals surface area contributed by atoms with Gasteiger partial charge < -0.3 is 14.8 Å². The lowest BCUT2D eigenvalue weighted by Gasteiger charge is -2.10. The standard InChI is InChI=1S/C17H16N4O4S/c1-24-12-7-6-11(9-13(12)25-2)18-15(22)10-26-16-19-14-5-3-4-8-21(14)17(23)20-16/h3-9H,10H2,1-2H3,(H,18,22). The van der Waals surface area contributed by atoms with E-state index in [0.29, 0.717) is 22.8 Å². The lowest BCUT2D eigenvalue weighted by atomic mass is 10.2. The molecule has 9 heteroatoms. The maximum Gasteiger partial charge on any atom is 0.355 e. The Labute approximate surface area is 153 Å². The minimum absolute atomic E-state index is 0.0663. The van der Waals surface area contributed by atoms with Crippen LogP contribution in [-0.2, 0) is 4.79 Å². The Balaban J connectivity index is 1.67. The van der Waals surface area contributed by atoms with Crippen LogP contribution in [-0.4, -0.2) is 40.2 Å². The monoisotopic (exact) mass is 372 g/mol. The number of methoxy groups -OCH3 is 2. The number of amides is 1. The molecule has 0 bridgehead atoms. The number of benzene rings is 1. The van der Waals surface area contributed by atoms with E-state index in [0.717, 1.165) is 11.8 Å². The van der Waals surface area contributed by atoms with Crippen molar-refractivity contribution in [3.05, 3.63) is 53.1 Å². The van der Waals surface area contributed by atoms with Crippen molar-refractivity contribution in [2.75, 3.05) is 25.3 Å². The molecule has 0 aliphatic carbocycles. The average Bonchev–Trinajstić information content (AvgIpc) is 2.66. The highest BCUT2D eigenvalue weighted by molar-refractivity contribution is 7.99. The number of nitrogens with zero attached hydrogens (tertiary/aromatic N) is 3. The summed E-state index contributed by atoms with van der Waals surface area (Å²) in [7, 11) is 3.06. The summed E-state index contributed by atoms with van der Waals surface area (Å²) in [6.07, 6.45) is 1.59. The number of hydrogen-bond donors (Lipinski definition) is 1. The molecule has 0 spiro atoms. The lowest BCUT2D eigenvalue weighted by molar-refractivity contribution is -0.113.